The number of aryl methyl sites for hydroxylation is 1. The molecule has 0 fully saturated rings. The zero-order chi connectivity index (χ0) is 13.1. The van der Waals surface area contributed by atoms with E-state index >= 15 is 0 Å². The van der Waals surface area contributed by atoms with E-state index in [1.807, 2.05) is 29.5 Å². The third kappa shape index (κ3) is 2.37. The molecule has 0 saturated carbocycles. The maximum atomic E-state index is 12.1. The van der Waals surface area contributed by atoms with Crippen LogP contribution in [0.4, 0.5) is 0 Å². The number of nitrogens with one attached hydrogen (secondary N) is 1. The lowest BCUT2D eigenvalue weighted by Gasteiger charge is -2.13. The van der Waals surface area contributed by atoms with Crippen molar-refractivity contribution in [3.63, 3.8) is 0 Å². The van der Waals surface area contributed by atoms with Crippen molar-refractivity contribution in [2.45, 2.75) is 39.7 Å². The molecule has 0 atom stereocenters. The molecule has 0 aliphatic carbocycles. The number of carbonyl (C=O) groups excluding carboxylic acids is 1. The second kappa shape index (κ2) is 5.21. The summed E-state index contributed by atoms with van der Waals surface area (Å²) in [6.45, 7) is 6.14. The number of carbonyl (C=O) groups is 1. The number of rotatable bonds is 4. The second-order valence-electron chi connectivity index (χ2n) is 4.51. The molecule has 4 heteroatoms. The molecule has 0 aliphatic heterocycles. The molecule has 4 nitrogen and oxygen atoms in total. The van der Waals surface area contributed by atoms with Crippen molar-refractivity contribution in [3.8, 4) is 0 Å². The van der Waals surface area contributed by atoms with E-state index in [4.69, 9.17) is 0 Å². The average Bonchev–Trinajstić information content (AvgIpc) is 2.81. The summed E-state index contributed by atoms with van der Waals surface area (Å²) in [6.07, 6.45) is 3.67. The summed E-state index contributed by atoms with van der Waals surface area (Å²) in [4.78, 5) is 16.4. The molecule has 1 amide bonds. The molecule has 0 bridgehead atoms. The highest BCUT2D eigenvalue weighted by atomic mass is 16.1. The Balaban J connectivity index is 2.26. The number of pyridine rings is 1. The van der Waals surface area contributed by atoms with Crippen LogP contribution in [0.5, 0.6) is 0 Å². The van der Waals surface area contributed by atoms with Crippen LogP contribution in [0.15, 0.2) is 24.4 Å². The van der Waals surface area contributed by atoms with Crippen molar-refractivity contribution in [2.75, 3.05) is 0 Å². The van der Waals surface area contributed by atoms with Gasteiger partial charge in [0.25, 0.3) is 5.91 Å². The molecule has 0 aliphatic rings. The van der Waals surface area contributed by atoms with Crippen LogP contribution in [0.3, 0.4) is 0 Å². The Labute approximate surface area is 107 Å². The maximum Gasteiger partial charge on any atom is 0.271 e. The van der Waals surface area contributed by atoms with Crippen molar-refractivity contribution in [2.24, 2.45) is 0 Å². The molecular formula is C14H19N3O. The largest absolute Gasteiger partial charge is 0.348 e. The molecular weight excluding hydrogens is 226 g/mol. The Morgan fingerprint density at radius 3 is 2.72 bits per heavy atom. The van der Waals surface area contributed by atoms with Gasteiger partial charge in [0.05, 0.1) is 0 Å². The summed E-state index contributed by atoms with van der Waals surface area (Å²) in [5.41, 5.74) is 2.36. The number of nitrogens with zero attached hydrogens (tertiary/aromatic N) is 2. The van der Waals surface area contributed by atoms with E-state index in [0.29, 0.717) is 5.69 Å². The van der Waals surface area contributed by atoms with Gasteiger partial charge in [-0.2, -0.15) is 0 Å². The zero-order valence-corrected chi connectivity index (χ0v) is 11.1. The SMILES string of the molecule is CCC(CC)NC(=O)c1cn2c(C)cccc2n1. The van der Waals surface area contributed by atoms with Crippen molar-refractivity contribution >= 4 is 11.6 Å². The highest BCUT2D eigenvalue weighted by Gasteiger charge is 2.14. The van der Waals surface area contributed by atoms with Crippen molar-refractivity contribution in [1.82, 2.24) is 14.7 Å². The van der Waals surface area contributed by atoms with Crippen LogP contribution in [0.1, 0.15) is 42.9 Å². The van der Waals surface area contributed by atoms with Crippen LogP contribution in [-0.2, 0) is 0 Å². The fourth-order valence-corrected chi connectivity index (χ4v) is 2.01. The topological polar surface area (TPSA) is 46.4 Å². The molecule has 18 heavy (non-hydrogen) atoms. The Bertz CT molecular complexity index is 555. The minimum atomic E-state index is -0.0909. The predicted molar refractivity (Wildman–Crippen MR) is 71.8 cm³/mol. The number of fused-ring (bicyclic) bond motifs is 1. The molecule has 0 spiro atoms. The van der Waals surface area contributed by atoms with Gasteiger partial charge in [-0.1, -0.05) is 19.9 Å². The number of imidazole rings is 1. The van der Waals surface area contributed by atoms with E-state index in [0.717, 1.165) is 24.2 Å². The first-order valence-electron chi connectivity index (χ1n) is 6.41. The Morgan fingerprint density at radius 2 is 2.11 bits per heavy atom. The van der Waals surface area contributed by atoms with E-state index in [2.05, 4.69) is 24.1 Å². The van der Waals surface area contributed by atoms with Crippen LogP contribution in [-0.4, -0.2) is 21.3 Å². The van der Waals surface area contributed by atoms with Gasteiger partial charge in [-0.05, 0) is 31.9 Å². The fourth-order valence-electron chi connectivity index (χ4n) is 2.01. The molecule has 0 aromatic carbocycles. The fraction of sp³-hybridized carbons (Fsp3) is 0.429. The van der Waals surface area contributed by atoms with Gasteiger partial charge in [0.2, 0.25) is 0 Å². The first-order chi connectivity index (χ1) is 8.65. The smallest absolute Gasteiger partial charge is 0.271 e. The third-order valence-electron chi connectivity index (χ3n) is 3.25. The Hall–Kier alpha value is -1.84. The zero-order valence-electron chi connectivity index (χ0n) is 11.1. The van der Waals surface area contributed by atoms with Crippen molar-refractivity contribution in [1.29, 1.82) is 0 Å². The van der Waals surface area contributed by atoms with E-state index in [1.54, 1.807) is 6.20 Å². The van der Waals surface area contributed by atoms with Crippen LogP contribution in [0.25, 0.3) is 5.65 Å². The summed E-state index contributed by atoms with van der Waals surface area (Å²) in [6, 6.07) is 6.07. The molecule has 2 heterocycles. The van der Waals surface area contributed by atoms with Crippen LogP contribution < -0.4 is 5.32 Å². The van der Waals surface area contributed by atoms with Gasteiger partial charge >= 0.3 is 0 Å². The minimum Gasteiger partial charge on any atom is -0.348 e. The average molecular weight is 245 g/mol. The molecule has 0 unspecified atom stereocenters. The van der Waals surface area contributed by atoms with Crippen LogP contribution in [0, 0.1) is 6.92 Å². The van der Waals surface area contributed by atoms with Gasteiger partial charge in [0.15, 0.2) is 0 Å². The van der Waals surface area contributed by atoms with Gasteiger partial charge in [-0.25, -0.2) is 4.98 Å². The lowest BCUT2D eigenvalue weighted by Crippen LogP contribution is -2.33. The lowest BCUT2D eigenvalue weighted by molar-refractivity contribution is 0.0930. The van der Waals surface area contributed by atoms with E-state index < -0.39 is 0 Å². The molecule has 2 aromatic heterocycles. The van der Waals surface area contributed by atoms with Crippen LogP contribution >= 0.6 is 0 Å². The molecule has 1 N–H and O–H groups in total. The summed E-state index contributed by atoms with van der Waals surface area (Å²) >= 11 is 0. The Kier molecular flexibility index (Phi) is 3.65. The van der Waals surface area contributed by atoms with Gasteiger partial charge in [-0.3, -0.25) is 4.79 Å². The molecule has 0 radical (unpaired) electrons. The monoisotopic (exact) mass is 245 g/mol. The summed E-state index contributed by atoms with van der Waals surface area (Å²) in [7, 11) is 0. The third-order valence-corrected chi connectivity index (χ3v) is 3.25. The normalized spacial score (nSPS) is 11.1. The molecule has 2 rings (SSSR count). The lowest BCUT2D eigenvalue weighted by atomic mass is 10.2. The first-order valence-corrected chi connectivity index (χ1v) is 6.41. The highest BCUT2D eigenvalue weighted by Crippen LogP contribution is 2.09. The summed E-state index contributed by atoms with van der Waals surface area (Å²) in [5.74, 6) is -0.0909. The van der Waals surface area contributed by atoms with Crippen molar-refractivity contribution < 1.29 is 4.79 Å². The van der Waals surface area contributed by atoms with E-state index in [-0.39, 0.29) is 11.9 Å². The number of aromatic nitrogens is 2. The summed E-state index contributed by atoms with van der Waals surface area (Å²) in [5, 5.41) is 3.00. The van der Waals surface area contributed by atoms with Gasteiger partial charge in [0, 0.05) is 17.9 Å². The standard InChI is InChI=1S/C14H19N3O/c1-4-11(5-2)15-14(18)12-9-17-10(3)7-6-8-13(17)16-12/h6-9,11H,4-5H2,1-3H3,(H,15,18). The number of hydrogen-bond acceptors (Lipinski definition) is 2. The molecule has 96 valence electrons. The quantitative estimate of drug-likeness (QED) is 0.899. The maximum absolute atomic E-state index is 12.1. The van der Waals surface area contributed by atoms with Crippen LogP contribution in [0.2, 0.25) is 0 Å². The second-order valence-corrected chi connectivity index (χ2v) is 4.51. The predicted octanol–water partition coefficient (Wildman–Crippen LogP) is 2.56. The van der Waals surface area contributed by atoms with Gasteiger partial charge < -0.3 is 9.72 Å². The number of amides is 1. The molecule has 0 saturated heterocycles. The summed E-state index contributed by atoms with van der Waals surface area (Å²) < 4.78 is 1.93. The van der Waals surface area contributed by atoms with E-state index in [9.17, 15) is 4.79 Å². The van der Waals surface area contributed by atoms with Crippen molar-refractivity contribution in [3.05, 3.63) is 35.8 Å². The minimum absolute atomic E-state index is 0.0909. The van der Waals surface area contributed by atoms with Gasteiger partial charge in [0.1, 0.15) is 11.3 Å². The highest BCUT2D eigenvalue weighted by molar-refractivity contribution is 5.93. The van der Waals surface area contributed by atoms with Gasteiger partial charge in [-0.15, -0.1) is 0 Å². The first kappa shape index (κ1) is 12.6. The molecule has 2 aromatic rings. The Morgan fingerprint density at radius 1 is 1.39 bits per heavy atom. The number of hydrogen-bond donors (Lipinski definition) is 1. The van der Waals surface area contributed by atoms with E-state index in [1.165, 1.54) is 0 Å².